The lowest BCUT2D eigenvalue weighted by Crippen LogP contribution is -2.60. The van der Waals surface area contributed by atoms with E-state index in [4.69, 9.17) is 0 Å². The molecule has 0 unspecified atom stereocenters. The summed E-state index contributed by atoms with van der Waals surface area (Å²) >= 11 is 0. The molecule has 21 heavy (non-hydrogen) atoms. The van der Waals surface area contributed by atoms with Crippen LogP contribution >= 0.6 is 0 Å². The minimum atomic E-state index is -6.66. The quantitative estimate of drug-likeness (QED) is 0.869. The average molecular weight is 318 g/mol. The average Bonchev–Trinajstić information content (AvgIpc) is 2.38. The third kappa shape index (κ3) is 3.11. The number of nitrogens with one attached hydrogen (secondary N) is 1. The fraction of sp³-hybridized carbons (Fsp3) is 0.300. The second kappa shape index (κ2) is 5.30. The monoisotopic (exact) mass is 318 g/mol. The highest BCUT2D eigenvalue weighted by Crippen LogP contribution is 2.46. The largest absolute Gasteiger partial charge is 0.460 e. The molecule has 1 rings (SSSR count). The molecule has 0 aliphatic heterocycles. The number of hydrogen-bond acceptors (Lipinski definition) is 3. The number of rotatable bonds is 3. The summed E-state index contributed by atoms with van der Waals surface area (Å²) in [5.41, 5.74) is -0.475. The van der Waals surface area contributed by atoms with E-state index in [2.05, 4.69) is 4.98 Å². The van der Waals surface area contributed by atoms with Crippen LogP contribution in [0.25, 0.3) is 0 Å². The first-order valence-electron chi connectivity index (χ1n) is 4.99. The van der Waals surface area contributed by atoms with Gasteiger partial charge in [0.15, 0.2) is 0 Å². The number of carbonyl (C=O) groups excluding carboxylic acids is 2. The van der Waals surface area contributed by atoms with Gasteiger partial charge in [-0.05, 0) is 12.1 Å². The Hall–Kier alpha value is -2.20. The number of amides is 2. The van der Waals surface area contributed by atoms with E-state index >= 15 is 0 Å². The Balaban J connectivity index is 2.96. The summed E-state index contributed by atoms with van der Waals surface area (Å²) in [6.45, 7) is 0. The van der Waals surface area contributed by atoms with Gasteiger partial charge in [-0.2, -0.15) is 30.7 Å². The molecule has 116 valence electrons. The number of aromatic nitrogens is 1. The first kappa shape index (κ1) is 16.9. The van der Waals surface area contributed by atoms with Crippen molar-refractivity contribution in [3.8, 4) is 0 Å². The zero-order valence-corrected chi connectivity index (χ0v) is 9.72. The van der Waals surface area contributed by atoms with Crippen LogP contribution in [-0.2, 0) is 4.79 Å². The van der Waals surface area contributed by atoms with Crippen molar-refractivity contribution in [3.05, 3.63) is 30.1 Å². The van der Waals surface area contributed by atoms with Crippen LogP contribution in [0.15, 0.2) is 24.5 Å². The van der Waals surface area contributed by atoms with Gasteiger partial charge >= 0.3 is 23.9 Å². The van der Waals surface area contributed by atoms with E-state index in [1.54, 1.807) is 0 Å². The van der Waals surface area contributed by atoms with Crippen molar-refractivity contribution in [1.29, 1.82) is 0 Å². The Kier molecular flexibility index (Phi) is 4.25. The Morgan fingerprint density at radius 2 is 1.62 bits per heavy atom. The molecule has 11 heteroatoms. The molecule has 2 amide bonds. The predicted molar refractivity (Wildman–Crippen MR) is 52.7 cm³/mol. The molecule has 0 aliphatic carbocycles. The van der Waals surface area contributed by atoms with Crippen molar-refractivity contribution in [2.24, 2.45) is 0 Å². The lowest BCUT2D eigenvalue weighted by Gasteiger charge is -2.26. The molecular formula is C10H5F7N2O2. The van der Waals surface area contributed by atoms with Crippen LogP contribution in [0.4, 0.5) is 30.7 Å². The molecule has 1 aromatic heterocycles. The summed E-state index contributed by atoms with van der Waals surface area (Å²) in [5, 5.41) is 0.767. The summed E-state index contributed by atoms with van der Waals surface area (Å²) in [6.07, 6.45) is -4.70. The van der Waals surface area contributed by atoms with Gasteiger partial charge in [-0.15, -0.1) is 0 Å². The van der Waals surface area contributed by atoms with Crippen LogP contribution in [0.5, 0.6) is 0 Å². The van der Waals surface area contributed by atoms with E-state index in [9.17, 15) is 40.3 Å². The first-order valence-corrected chi connectivity index (χ1v) is 4.99. The highest BCUT2D eigenvalue weighted by molar-refractivity contribution is 6.06. The van der Waals surface area contributed by atoms with Gasteiger partial charge in [0.2, 0.25) is 0 Å². The minimum absolute atomic E-state index is 0.475. The number of hydrogen-bond donors (Lipinski definition) is 1. The maximum atomic E-state index is 12.9. The molecule has 0 atom stereocenters. The van der Waals surface area contributed by atoms with E-state index < -0.39 is 35.4 Å². The van der Waals surface area contributed by atoms with Gasteiger partial charge < -0.3 is 0 Å². The second-order valence-corrected chi connectivity index (χ2v) is 3.67. The van der Waals surface area contributed by atoms with Crippen LogP contribution in [-0.4, -0.2) is 34.8 Å². The van der Waals surface area contributed by atoms with E-state index in [0.29, 0.717) is 0 Å². The van der Waals surface area contributed by atoms with E-state index in [-0.39, 0.29) is 0 Å². The number of halogens is 7. The zero-order chi connectivity index (χ0) is 16.5. The Morgan fingerprint density at radius 1 is 1.05 bits per heavy atom. The van der Waals surface area contributed by atoms with Crippen molar-refractivity contribution in [2.45, 2.75) is 18.0 Å². The molecule has 0 aromatic carbocycles. The number of alkyl halides is 7. The van der Waals surface area contributed by atoms with Crippen LogP contribution in [0.2, 0.25) is 0 Å². The molecule has 0 bridgehead atoms. The van der Waals surface area contributed by atoms with Gasteiger partial charge in [0.25, 0.3) is 5.91 Å². The summed E-state index contributed by atoms with van der Waals surface area (Å²) in [4.78, 5) is 25.5. The third-order valence-electron chi connectivity index (χ3n) is 2.19. The molecule has 0 radical (unpaired) electrons. The van der Waals surface area contributed by atoms with Gasteiger partial charge in [0.1, 0.15) is 0 Å². The second-order valence-electron chi connectivity index (χ2n) is 3.67. The topological polar surface area (TPSA) is 59.1 Å². The van der Waals surface area contributed by atoms with Crippen molar-refractivity contribution in [2.75, 3.05) is 0 Å². The standard InChI is InChI=1S/C10H5F7N2O2/c11-8(12,9(13,14)10(15,16)17)7(21)19-6(20)5-2-1-3-18-4-5/h1-4H,(H,19,20,21). The van der Waals surface area contributed by atoms with E-state index in [1.165, 1.54) is 6.20 Å². The van der Waals surface area contributed by atoms with Crippen LogP contribution < -0.4 is 5.32 Å². The van der Waals surface area contributed by atoms with Gasteiger partial charge in [-0.1, -0.05) is 0 Å². The van der Waals surface area contributed by atoms with Crippen LogP contribution in [0, 0.1) is 0 Å². The zero-order valence-electron chi connectivity index (χ0n) is 9.72. The molecule has 1 aromatic rings. The lowest BCUT2D eigenvalue weighted by molar-refractivity contribution is -0.343. The molecule has 0 fully saturated rings. The normalized spacial score (nSPS) is 12.9. The fourth-order valence-electron chi connectivity index (χ4n) is 1.07. The van der Waals surface area contributed by atoms with E-state index in [0.717, 1.165) is 23.6 Å². The smallest absolute Gasteiger partial charge is 0.287 e. The molecule has 4 nitrogen and oxygen atoms in total. The number of imide groups is 1. The van der Waals surface area contributed by atoms with Crippen LogP contribution in [0.3, 0.4) is 0 Å². The molecule has 1 heterocycles. The van der Waals surface area contributed by atoms with Crippen molar-refractivity contribution in [1.82, 2.24) is 10.3 Å². The lowest BCUT2D eigenvalue weighted by atomic mass is 10.1. The number of pyridine rings is 1. The first-order chi connectivity index (χ1) is 9.41. The van der Waals surface area contributed by atoms with Gasteiger partial charge in [-0.3, -0.25) is 19.9 Å². The highest BCUT2D eigenvalue weighted by Gasteiger charge is 2.76. The summed E-state index contributed by atoms with van der Waals surface area (Å²) in [7, 11) is 0. The predicted octanol–water partition coefficient (Wildman–Crippen LogP) is 2.17. The minimum Gasteiger partial charge on any atom is -0.287 e. The molecule has 0 aliphatic rings. The van der Waals surface area contributed by atoms with Gasteiger partial charge in [-0.25, -0.2) is 0 Å². The van der Waals surface area contributed by atoms with Gasteiger partial charge in [0, 0.05) is 12.4 Å². The number of carbonyl (C=O) groups is 2. The Bertz CT molecular complexity index is 542. The van der Waals surface area contributed by atoms with Gasteiger partial charge in [0.05, 0.1) is 5.56 Å². The molecule has 0 saturated carbocycles. The third-order valence-corrected chi connectivity index (χ3v) is 2.19. The van der Waals surface area contributed by atoms with Crippen molar-refractivity contribution >= 4 is 11.8 Å². The van der Waals surface area contributed by atoms with Crippen molar-refractivity contribution in [3.63, 3.8) is 0 Å². The summed E-state index contributed by atoms with van der Waals surface area (Å²) in [5.74, 6) is -17.4. The summed E-state index contributed by atoms with van der Waals surface area (Å²) in [6, 6.07) is 2.14. The fourth-order valence-corrected chi connectivity index (χ4v) is 1.07. The number of nitrogens with zero attached hydrogens (tertiary/aromatic N) is 1. The van der Waals surface area contributed by atoms with Crippen molar-refractivity contribution < 1.29 is 40.3 Å². The Morgan fingerprint density at radius 3 is 2.05 bits per heavy atom. The molecule has 0 saturated heterocycles. The molecular weight excluding hydrogens is 313 g/mol. The SMILES string of the molecule is O=C(NC(=O)C(F)(F)C(F)(F)C(F)(F)F)c1cccnc1. The van der Waals surface area contributed by atoms with E-state index in [1.807, 2.05) is 0 Å². The molecule has 1 N–H and O–H groups in total. The highest BCUT2D eigenvalue weighted by atomic mass is 19.4. The Labute approximate surface area is 112 Å². The maximum Gasteiger partial charge on any atom is 0.460 e. The maximum absolute atomic E-state index is 12.9. The summed E-state index contributed by atoms with van der Waals surface area (Å²) < 4.78 is 86.5. The van der Waals surface area contributed by atoms with Crippen LogP contribution in [0.1, 0.15) is 10.4 Å². The molecule has 0 spiro atoms.